The molecule has 1 aliphatic heterocycles. The highest BCUT2D eigenvalue weighted by molar-refractivity contribution is 5.00. The summed E-state index contributed by atoms with van der Waals surface area (Å²) in [5, 5.41) is 3.43. The number of piperazine rings is 1. The van der Waals surface area contributed by atoms with Crippen LogP contribution in [0.3, 0.4) is 0 Å². The Balaban J connectivity index is 2.49. The van der Waals surface area contributed by atoms with Gasteiger partial charge >= 0.3 is 0 Å². The van der Waals surface area contributed by atoms with Gasteiger partial charge in [0.25, 0.3) is 0 Å². The minimum absolute atomic E-state index is 0.662. The fraction of sp³-hybridized carbons (Fsp3) is 0.818. The summed E-state index contributed by atoms with van der Waals surface area (Å²) in [6.45, 7) is 10.8. The van der Waals surface area contributed by atoms with Crippen molar-refractivity contribution in [1.29, 1.82) is 0 Å². The maximum atomic E-state index is 3.43. The van der Waals surface area contributed by atoms with E-state index in [9.17, 15) is 0 Å². The third-order valence-corrected chi connectivity index (χ3v) is 2.63. The van der Waals surface area contributed by atoms with E-state index in [1.54, 1.807) is 0 Å². The summed E-state index contributed by atoms with van der Waals surface area (Å²) in [6, 6.07) is 0.662. The molecule has 1 unspecified atom stereocenters. The Morgan fingerprint density at radius 3 is 2.92 bits per heavy atom. The van der Waals surface area contributed by atoms with Crippen LogP contribution in [0.2, 0.25) is 0 Å². The van der Waals surface area contributed by atoms with E-state index >= 15 is 0 Å². The summed E-state index contributed by atoms with van der Waals surface area (Å²) in [6.07, 6.45) is 0. The predicted octanol–water partition coefficient (Wildman–Crippen LogP) is 0.940. The lowest BCUT2D eigenvalue weighted by atomic mass is 10.0. The lowest BCUT2D eigenvalue weighted by molar-refractivity contribution is 0.142. The third-order valence-electron chi connectivity index (χ3n) is 2.63. The van der Waals surface area contributed by atoms with Gasteiger partial charge < -0.3 is 5.32 Å². The topological polar surface area (TPSA) is 15.3 Å². The Morgan fingerprint density at radius 2 is 2.31 bits per heavy atom. The second-order valence-corrected chi connectivity index (χ2v) is 3.91. The van der Waals surface area contributed by atoms with E-state index < -0.39 is 0 Å². The SMILES string of the molecule is CC#CCN1CCNCC1C(C)C. The summed E-state index contributed by atoms with van der Waals surface area (Å²) >= 11 is 0. The molecule has 0 aromatic carbocycles. The van der Waals surface area contributed by atoms with Gasteiger partial charge in [-0.15, -0.1) is 5.92 Å². The van der Waals surface area contributed by atoms with Gasteiger partial charge in [0.15, 0.2) is 0 Å². The monoisotopic (exact) mass is 180 g/mol. The van der Waals surface area contributed by atoms with Crippen molar-refractivity contribution in [3.63, 3.8) is 0 Å². The molecule has 0 amide bonds. The molecule has 0 radical (unpaired) electrons. The van der Waals surface area contributed by atoms with Crippen LogP contribution in [-0.2, 0) is 0 Å². The van der Waals surface area contributed by atoms with Crippen LogP contribution in [-0.4, -0.2) is 37.1 Å². The van der Waals surface area contributed by atoms with Gasteiger partial charge in [-0.1, -0.05) is 19.8 Å². The average Bonchev–Trinajstić information content (AvgIpc) is 2.15. The molecule has 1 saturated heterocycles. The molecule has 0 aromatic rings. The van der Waals surface area contributed by atoms with Crippen LogP contribution >= 0.6 is 0 Å². The van der Waals surface area contributed by atoms with Crippen LogP contribution in [0.1, 0.15) is 20.8 Å². The van der Waals surface area contributed by atoms with Gasteiger partial charge in [0.2, 0.25) is 0 Å². The largest absolute Gasteiger partial charge is 0.314 e. The Labute approximate surface area is 81.7 Å². The molecule has 0 saturated carbocycles. The van der Waals surface area contributed by atoms with Crippen LogP contribution in [0.5, 0.6) is 0 Å². The number of hydrogen-bond donors (Lipinski definition) is 1. The van der Waals surface area contributed by atoms with Crippen molar-refractivity contribution in [2.45, 2.75) is 26.8 Å². The molecule has 1 aliphatic rings. The van der Waals surface area contributed by atoms with Crippen molar-refractivity contribution >= 4 is 0 Å². The summed E-state index contributed by atoms with van der Waals surface area (Å²) in [7, 11) is 0. The molecule has 74 valence electrons. The number of nitrogens with zero attached hydrogens (tertiary/aromatic N) is 1. The summed E-state index contributed by atoms with van der Waals surface area (Å²) in [4.78, 5) is 2.48. The Morgan fingerprint density at radius 1 is 1.54 bits per heavy atom. The summed E-state index contributed by atoms with van der Waals surface area (Å²) in [5.41, 5.74) is 0. The molecule has 1 atom stereocenters. The first-order valence-corrected chi connectivity index (χ1v) is 5.10. The Hall–Kier alpha value is -0.520. The molecule has 13 heavy (non-hydrogen) atoms. The average molecular weight is 180 g/mol. The Bertz CT molecular complexity index is 200. The molecule has 0 aliphatic carbocycles. The maximum Gasteiger partial charge on any atom is 0.0604 e. The first-order valence-electron chi connectivity index (χ1n) is 5.10. The van der Waals surface area contributed by atoms with E-state index in [-0.39, 0.29) is 0 Å². The van der Waals surface area contributed by atoms with Crippen molar-refractivity contribution in [3.05, 3.63) is 0 Å². The molecule has 2 nitrogen and oxygen atoms in total. The number of hydrogen-bond acceptors (Lipinski definition) is 2. The van der Waals surface area contributed by atoms with Crippen LogP contribution < -0.4 is 5.32 Å². The number of rotatable bonds is 2. The summed E-state index contributed by atoms with van der Waals surface area (Å²) in [5.74, 6) is 6.83. The van der Waals surface area contributed by atoms with Crippen molar-refractivity contribution in [2.75, 3.05) is 26.2 Å². The van der Waals surface area contributed by atoms with Crippen LogP contribution in [0.25, 0.3) is 0 Å². The highest BCUT2D eigenvalue weighted by Crippen LogP contribution is 2.11. The molecule has 0 bridgehead atoms. The van der Waals surface area contributed by atoms with E-state index in [1.165, 1.54) is 0 Å². The zero-order valence-corrected chi connectivity index (χ0v) is 8.93. The van der Waals surface area contributed by atoms with E-state index in [4.69, 9.17) is 0 Å². The van der Waals surface area contributed by atoms with Gasteiger partial charge in [-0.05, 0) is 12.8 Å². The standard InChI is InChI=1S/C11H20N2/c1-4-5-7-13-8-6-12-9-11(13)10(2)3/h10-12H,6-9H2,1-3H3. The summed E-state index contributed by atoms with van der Waals surface area (Å²) < 4.78 is 0. The van der Waals surface area contributed by atoms with Crippen LogP contribution in [0.4, 0.5) is 0 Å². The molecule has 1 N–H and O–H groups in total. The fourth-order valence-corrected chi connectivity index (χ4v) is 1.80. The predicted molar refractivity (Wildman–Crippen MR) is 56.5 cm³/mol. The van der Waals surface area contributed by atoms with E-state index in [0.29, 0.717) is 12.0 Å². The van der Waals surface area contributed by atoms with E-state index in [0.717, 1.165) is 26.2 Å². The van der Waals surface area contributed by atoms with E-state index in [2.05, 4.69) is 35.9 Å². The van der Waals surface area contributed by atoms with Crippen molar-refractivity contribution in [2.24, 2.45) is 5.92 Å². The molecular weight excluding hydrogens is 160 g/mol. The third kappa shape index (κ3) is 3.02. The quantitative estimate of drug-likeness (QED) is 0.636. The van der Waals surface area contributed by atoms with Crippen molar-refractivity contribution in [1.82, 2.24) is 10.2 Å². The molecule has 0 aromatic heterocycles. The minimum atomic E-state index is 0.662. The zero-order chi connectivity index (χ0) is 9.68. The van der Waals surface area contributed by atoms with Gasteiger partial charge in [-0.3, -0.25) is 4.90 Å². The van der Waals surface area contributed by atoms with Gasteiger partial charge in [0.1, 0.15) is 0 Å². The highest BCUT2D eigenvalue weighted by atomic mass is 15.2. The van der Waals surface area contributed by atoms with E-state index in [1.807, 2.05) is 6.92 Å². The van der Waals surface area contributed by atoms with Gasteiger partial charge in [-0.25, -0.2) is 0 Å². The van der Waals surface area contributed by atoms with Crippen LogP contribution in [0, 0.1) is 17.8 Å². The minimum Gasteiger partial charge on any atom is -0.314 e. The lowest BCUT2D eigenvalue weighted by Gasteiger charge is -2.37. The van der Waals surface area contributed by atoms with Crippen molar-refractivity contribution in [3.8, 4) is 11.8 Å². The van der Waals surface area contributed by atoms with Gasteiger partial charge in [-0.2, -0.15) is 0 Å². The normalized spacial score (nSPS) is 24.2. The maximum absolute atomic E-state index is 3.43. The number of nitrogens with one attached hydrogen (secondary N) is 1. The van der Waals surface area contributed by atoms with Gasteiger partial charge in [0.05, 0.1) is 6.54 Å². The molecule has 1 rings (SSSR count). The fourth-order valence-electron chi connectivity index (χ4n) is 1.80. The van der Waals surface area contributed by atoms with Crippen LogP contribution in [0.15, 0.2) is 0 Å². The zero-order valence-electron chi connectivity index (χ0n) is 8.93. The first-order chi connectivity index (χ1) is 6.25. The second kappa shape index (κ2) is 5.26. The molecule has 1 heterocycles. The molecule has 0 spiro atoms. The lowest BCUT2D eigenvalue weighted by Crippen LogP contribution is -2.53. The first kappa shape index (κ1) is 10.6. The van der Waals surface area contributed by atoms with Gasteiger partial charge in [0, 0.05) is 25.7 Å². The second-order valence-electron chi connectivity index (χ2n) is 3.91. The smallest absolute Gasteiger partial charge is 0.0604 e. The highest BCUT2D eigenvalue weighted by Gasteiger charge is 2.23. The molecule has 1 fully saturated rings. The van der Waals surface area contributed by atoms with Crippen molar-refractivity contribution < 1.29 is 0 Å². The Kier molecular flexibility index (Phi) is 4.27. The molecule has 2 heteroatoms. The molecular formula is C11H20N2.